The van der Waals surface area contributed by atoms with Crippen molar-refractivity contribution in [3.8, 4) is 11.5 Å². The van der Waals surface area contributed by atoms with Gasteiger partial charge in [-0.3, -0.25) is 0 Å². The van der Waals surface area contributed by atoms with Crippen molar-refractivity contribution in [2.45, 2.75) is 13.0 Å². The van der Waals surface area contributed by atoms with Crippen molar-refractivity contribution in [2.75, 3.05) is 0 Å². The van der Waals surface area contributed by atoms with Crippen LogP contribution in [0.25, 0.3) is 0 Å². The summed E-state index contributed by atoms with van der Waals surface area (Å²) in [6.07, 6.45) is 0. The van der Waals surface area contributed by atoms with E-state index in [-0.39, 0.29) is 6.04 Å². The smallest absolute Gasteiger partial charge is 0.132 e. The lowest BCUT2D eigenvalue weighted by Crippen LogP contribution is -2.06. The Morgan fingerprint density at radius 3 is 2.32 bits per heavy atom. The number of hydrogen-bond acceptors (Lipinski definition) is 2. The van der Waals surface area contributed by atoms with E-state index in [0.29, 0.717) is 21.5 Å². The van der Waals surface area contributed by atoms with E-state index in [4.69, 9.17) is 33.7 Å². The molecule has 0 heterocycles. The Hall–Kier alpha value is -0.740. The highest BCUT2D eigenvalue weighted by Crippen LogP contribution is 2.33. The maximum atomic E-state index is 5.95. The molecule has 2 N–H and O–H groups in total. The molecule has 0 spiro atoms. The Morgan fingerprint density at radius 1 is 1.11 bits per heavy atom. The third kappa shape index (κ3) is 3.86. The molecule has 0 aliphatic carbocycles. The zero-order chi connectivity index (χ0) is 14.0. The summed E-state index contributed by atoms with van der Waals surface area (Å²) in [4.78, 5) is 0. The SMILES string of the molecule is CC(N)c1cc(Br)ccc1Oc1cc(Cl)cc(Cl)c1. The van der Waals surface area contributed by atoms with Gasteiger partial charge in [0.15, 0.2) is 0 Å². The minimum atomic E-state index is -0.137. The number of halogens is 3. The molecule has 2 aromatic rings. The quantitative estimate of drug-likeness (QED) is 0.776. The van der Waals surface area contributed by atoms with Gasteiger partial charge in [-0.05, 0) is 43.3 Å². The van der Waals surface area contributed by atoms with E-state index in [1.165, 1.54) is 0 Å². The summed E-state index contributed by atoms with van der Waals surface area (Å²) in [7, 11) is 0. The number of nitrogens with two attached hydrogens (primary N) is 1. The largest absolute Gasteiger partial charge is 0.457 e. The molecule has 0 saturated heterocycles. The van der Waals surface area contributed by atoms with Crippen LogP contribution in [-0.2, 0) is 0 Å². The van der Waals surface area contributed by atoms with Crippen molar-refractivity contribution < 1.29 is 4.74 Å². The first-order valence-corrected chi connectivity index (χ1v) is 7.19. The molecule has 1 unspecified atom stereocenters. The van der Waals surface area contributed by atoms with Crippen LogP contribution in [0.4, 0.5) is 0 Å². The standard InChI is InChI=1S/C14H12BrCl2NO/c1-8(18)13-4-9(15)2-3-14(13)19-12-6-10(16)5-11(17)7-12/h2-8H,18H2,1H3. The molecule has 0 amide bonds. The van der Waals surface area contributed by atoms with E-state index >= 15 is 0 Å². The molecule has 0 fully saturated rings. The monoisotopic (exact) mass is 359 g/mol. The van der Waals surface area contributed by atoms with Gasteiger partial charge in [0, 0.05) is 26.1 Å². The van der Waals surface area contributed by atoms with Crippen molar-refractivity contribution in [3.05, 3.63) is 56.5 Å². The molecule has 0 radical (unpaired) electrons. The van der Waals surface area contributed by atoms with Crippen molar-refractivity contribution in [2.24, 2.45) is 5.73 Å². The summed E-state index contributed by atoms with van der Waals surface area (Å²) in [6, 6.07) is 10.6. The molecule has 19 heavy (non-hydrogen) atoms. The van der Waals surface area contributed by atoms with Gasteiger partial charge in [0.1, 0.15) is 11.5 Å². The maximum absolute atomic E-state index is 5.95. The van der Waals surface area contributed by atoms with E-state index in [0.717, 1.165) is 10.0 Å². The highest BCUT2D eigenvalue weighted by atomic mass is 79.9. The average Bonchev–Trinajstić information content (AvgIpc) is 2.30. The summed E-state index contributed by atoms with van der Waals surface area (Å²) >= 11 is 15.3. The van der Waals surface area contributed by atoms with Crippen LogP contribution in [-0.4, -0.2) is 0 Å². The summed E-state index contributed by atoms with van der Waals surface area (Å²) in [5.74, 6) is 1.28. The molecule has 100 valence electrons. The molecule has 2 aromatic carbocycles. The van der Waals surface area contributed by atoms with E-state index < -0.39 is 0 Å². The first kappa shape index (κ1) is 14.7. The normalized spacial score (nSPS) is 12.3. The molecule has 1 atom stereocenters. The van der Waals surface area contributed by atoms with Crippen LogP contribution in [0.2, 0.25) is 10.0 Å². The fourth-order valence-electron chi connectivity index (χ4n) is 1.68. The van der Waals surface area contributed by atoms with Gasteiger partial charge < -0.3 is 10.5 Å². The molecule has 2 rings (SSSR count). The second-order valence-corrected chi connectivity index (χ2v) is 5.97. The second-order valence-electron chi connectivity index (χ2n) is 4.18. The molecule has 0 aromatic heterocycles. The van der Waals surface area contributed by atoms with Crippen molar-refractivity contribution >= 4 is 39.1 Å². The molecule has 0 aliphatic rings. The minimum Gasteiger partial charge on any atom is -0.457 e. The Bertz CT molecular complexity index is 582. The molecule has 0 aliphatic heterocycles. The molecule has 5 heteroatoms. The predicted octanol–water partition coefficient (Wildman–Crippen LogP) is 5.57. The second kappa shape index (κ2) is 6.14. The van der Waals surface area contributed by atoms with E-state index in [2.05, 4.69) is 15.9 Å². The van der Waals surface area contributed by atoms with Crippen molar-refractivity contribution in [3.63, 3.8) is 0 Å². The Kier molecular flexibility index (Phi) is 4.74. The third-order valence-corrected chi connectivity index (χ3v) is 3.46. The average molecular weight is 361 g/mol. The lowest BCUT2D eigenvalue weighted by molar-refractivity contribution is 0.472. The van der Waals surface area contributed by atoms with Crippen LogP contribution in [0.5, 0.6) is 11.5 Å². The molecule has 2 nitrogen and oxygen atoms in total. The highest BCUT2D eigenvalue weighted by Gasteiger charge is 2.10. The summed E-state index contributed by atoms with van der Waals surface area (Å²) in [5, 5.41) is 1.06. The number of rotatable bonds is 3. The van der Waals surface area contributed by atoms with Gasteiger partial charge in [0.05, 0.1) is 0 Å². The lowest BCUT2D eigenvalue weighted by Gasteiger charge is -2.14. The van der Waals surface area contributed by atoms with Crippen LogP contribution in [0.1, 0.15) is 18.5 Å². The molecular formula is C14H12BrCl2NO. The van der Waals surface area contributed by atoms with Crippen LogP contribution < -0.4 is 10.5 Å². The third-order valence-electron chi connectivity index (χ3n) is 2.53. The molecule has 0 bridgehead atoms. The van der Waals surface area contributed by atoms with Crippen LogP contribution >= 0.6 is 39.1 Å². The fraction of sp³-hybridized carbons (Fsp3) is 0.143. The first-order chi connectivity index (χ1) is 8.95. The summed E-state index contributed by atoms with van der Waals surface area (Å²) in [5.41, 5.74) is 6.85. The van der Waals surface area contributed by atoms with Crippen LogP contribution in [0.3, 0.4) is 0 Å². The zero-order valence-corrected chi connectivity index (χ0v) is 13.3. The number of benzene rings is 2. The maximum Gasteiger partial charge on any atom is 0.132 e. The van der Waals surface area contributed by atoms with Crippen LogP contribution in [0.15, 0.2) is 40.9 Å². The molecular weight excluding hydrogens is 349 g/mol. The van der Waals surface area contributed by atoms with Crippen molar-refractivity contribution in [1.82, 2.24) is 0 Å². The molecule has 0 saturated carbocycles. The van der Waals surface area contributed by atoms with Gasteiger partial charge >= 0.3 is 0 Å². The first-order valence-electron chi connectivity index (χ1n) is 5.64. The van der Waals surface area contributed by atoms with Gasteiger partial charge in [0.25, 0.3) is 0 Å². The van der Waals surface area contributed by atoms with Gasteiger partial charge in [-0.1, -0.05) is 39.1 Å². The Balaban J connectivity index is 2.37. The predicted molar refractivity (Wildman–Crippen MR) is 83.3 cm³/mol. The fourth-order valence-corrected chi connectivity index (χ4v) is 2.57. The lowest BCUT2D eigenvalue weighted by atomic mass is 10.1. The highest BCUT2D eigenvalue weighted by molar-refractivity contribution is 9.10. The van der Waals surface area contributed by atoms with Gasteiger partial charge in [-0.2, -0.15) is 0 Å². The van der Waals surface area contributed by atoms with E-state index in [9.17, 15) is 0 Å². The zero-order valence-electron chi connectivity index (χ0n) is 10.2. The van der Waals surface area contributed by atoms with Gasteiger partial charge in [-0.15, -0.1) is 0 Å². The van der Waals surface area contributed by atoms with Crippen molar-refractivity contribution in [1.29, 1.82) is 0 Å². The van der Waals surface area contributed by atoms with E-state index in [1.54, 1.807) is 18.2 Å². The van der Waals surface area contributed by atoms with Crippen LogP contribution in [0, 0.1) is 0 Å². The number of hydrogen-bond donors (Lipinski definition) is 1. The Morgan fingerprint density at radius 2 is 1.74 bits per heavy atom. The van der Waals surface area contributed by atoms with Gasteiger partial charge in [0.2, 0.25) is 0 Å². The van der Waals surface area contributed by atoms with Gasteiger partial charge in [-0.25, -0.2) is 0 Å². The summed E-state index contributed by atoms with van der Waals surface area (Å²) < 4.78 is 6.77. The minimum absolute atomic E-state index is 0.137. The van der Waals surface area contributed by atoms with E-state index in [1.807, 2.05) is 25.1 Å². The number of ether oxygens (including phenoxy) is 1. The Labute approximate surface area is 130 Å². The topological polar surface area (TPSA) is 35.2 Å². The summed E-state index contributed by atoms with van der Waals surface area (Å²) in [6.45, 7) is 1.90.